The van der Waals surface area contributed by atoms with E-state index in [1.54, 1.807) is 4.68 Å². The molecule has 0 aliphatic rings. The molecular weight excluding hydrogens is 194 g/mol. The first-order chi connectivity index (χ1) is 7.29. The van der Waals surface area contributed by atoms with Gasteiger partial charge in [-0.1, -0.05) is 5.21 Å². The molecule has 6 nitrogen and oxygen atoms in total. The Kier molecular flexibility index (Phi) is 2.77. The third kappa shape index (κ3) is 2.21. The first kappa shape index (κ1) is 9.85. The molecule has 2 aromatic rings. The SMILES string of the molecule is Cc1ocnc1Cn1cc(CCN)nn1. The number of nitrogens with zero attached hydrogens (tertiary/aromatic N) is 4. The van der Waals surface area contributed by atoms with Crippen LogP contribution in [-0.4, -0.2) is 26.5 Å². The molecule has 0 aromatic carbocycles. The van der Waals surface area contributed by atoms with Gasteiger partial charge in [0.15, 0.2) is 6.39 Å². The van der Waals surface area contributed by atoms with Crippen LogP contribution in [0.25, 0.3) is 0 Å². The van der Waals surface area contributed by atoms with Gasteiger partial charge in [-0.15, -0.1) is 5.10 Å². The van der Waals surface area contributed by atoms with E-state index in [1.165, 1.54) is 6.39 Å². The summed E-state index contributed by atoms with van der Waals surface area (Å²) in [6, 6.07) is 0. The van der Waals surface area contributed by atoms with Gasteiger partial charge in [0.1, 0.15) is 11.5 Å². The second kappa shape index (κ2) is 4.22. The normalized spacial score (nSPS) is 10.8. The maximum atomic E-state index is 5.43. The van der Waals surface area contributed by atoms with Crippen molar-refractivity contribution in [1.29, 1.82) is 0 Å². The standard InChI is InChI=1S/C9H13N5O/c1-7-9(11-6-15-7)5-14-4-8(2-3-10)12-13-14/h4,6H,2-3,5,10H2,1H3. The summed E-state index contributed by atoms with van der Waals surface area (Å²) in [5.74, 6) is 0.811. The maximum Gasteiger partial charge on any atom is 0.181 e. The molecule has 2 N–H and O–H groups in total. The number of rotatable bonds is 4. The molecule has 2 aromatic heterocycles. The molecule has 6 heteroatoms. The fourth-order valence-corrected chi connectivity index (χ4v) is 1.31. The molecule has 0 aliphatic carbocycles. The number of hydrogen-bond acceptors (Lipinski definition) is 5. The largest absolute Gasteiger partial charge is 0.448 e. The van der Waals surface area contributed by atoms with Gasteiger partial charge < -0.3 is 10.2 Å². The van der Waals surface area contributed by atoms with E-state index >= 15 is 0 Å². The van der Waals surface area contributed by atoms with Crippen molar-refractivity contribution < 1.29 is 4.42 Å². The van der Waals surface area contributed by atoms with Crippen molar-refractivity contribution in [3.8, 4) is 0 Å². The molecule has 2 heterocycles. The lowest BCUT2D eigenvalue weighted by atomic mass is 10.3. The molecule has 0 bridgehead atoms. The van der Waals surface area contributed by atoms with Crippen LogP contribution >= 0.6 is 0 Å². The molecule has 0 saturated carbocycles. The lowest BCUT2D eigenvalue weighted by Crippen LogP contribution is -2.03. The Labute approximate surface area is 87.1 Å². The van der Waals surface area contributed by atoms with Gasteiger partial charge in [0.25, 0.3) is 0 Å². The van der Waals surface area contributed by atoms with E-state index in [9.17, 15) is 0 Å². The average Bonchev–Trinajstić information content (AvgIpc) is 2.79. The Morgan fingerprint density at radius 1 is 1.53 bits per heavy atom. The van der Waals surface area contributed by atoms with Crippen molar-refractivity contribution in [1.82, 2.24) is 20.0 Å². The van der Waals surface area contributed by atoms with Gasteiger partial charge in [0, 0.05) is 12.6 Å². The molecule has 0 fully saturated rings. The lowest BCUT2D eigenvalue weighted by molar-refractivity contribution is 0.521. The summed E-state index contributed by atoms with van der Waals surface area (Å²) in [6.07, 6.45) is 4.06. The highest BCUT2D eigenvalue weighted by Gasteiger charge is 2.06. The fourth-order valence-electron chi connectivity index (χ4n) is 1.31. The van der Waals surface area contributed by atoms with Gasteiger partial charge in [0.05, 0.1) is 12.2 Å². The van der Waals surface area contributed by atoms with Crippen molar-refractivity contribution >= 4 is 0 Å². The van der Waals surface area contributed by atoms with Crippen molar-refractivity contribution in [2.75, 3.05) is 6.54 Å². The third-order valence-corrected chi connectivity index (χ3v) is 2.14. The van der Waals surface area contributed by atoms with Gasteiger partial charge in [0.2, 0.25) is 0 Å². The van der Waals surface area contributed by atoms with Gasteiger partial charge >= 0.3 is 0 Å². The molecule has 0 radical (unpaired) electrons. The van der Waals surface area contributed by atoms with Crippen molar-refractivity contribution in [2.24, 2.45) is 5.73 Å². The van der Waals surface area contributed by atoms with Crippen molar-refractivity contribution in [3.63, 3.8) is 0 Å². The summed E-state index contributed by atoms with van der Waals surface area (Å²) in [5.41, 5.74) is 7.20. The third-order valence-electron chi connectivity index (χ3n) is 2.14. The van der Waals surface area contributed by atoms with Gasteiger partial charge in [-0.25, -0.2) is 9.67 Å². The Bertz CT molecular complexity index is 433. The predicted octanol–water partition coefficient (Wildman–Crippen LogP) is 0.124. The number of hydrogen-bond donors (Lipinski definition) is 1. The number of oxazole rings is 1. The second-order valence-corrected chi connectivity index (χ2v) is 3.30. The van der Waals surface area contributed by atoms with Crippen molar-refractivity contribution in [3.05, 3.63) is 29.7 Å². The molecule has 80 valence electrons. The van der Waals surface area contributed by atoms with Crippen LogP contribution in [0.4, 0.5) is 0 Å². The Morgan fingerprint density at radius 3 is 3.07 bits per heavy atom. The molecule has 0 amide bonds. The van der Waals surface area contributed by atoms with E-state index < -0.39 is 0 Å². The van der Waals surface area contributed by atoms with Gasteiger partial charge in [-0.2, -0.15) is 0 Å². The van der Waals surface area contributed by atoms with E-state index in [0.29, 0.717) is 13.1 Å². The summed E-state index contributed by atoms with van der Waals surface area (Å²) in [4.78, 5) is 4.09. The first-order valence-corrected chi connectivity index (χ1v) is 4.77. The summed E-state index contributed by atoms with van der Waals surface area (Å²) in [6.45, 7) is 3.04. The van der Waals surface area contributed by atoms with E-state index in [0.717, 1.165) is 23.6 Å². The average molecular weight is 207 g/mol. The van der Waals surface area contributed by atoms with Gasteiger partial charge in [-0.3, -0.25) is 0 Å². The molecule has 0 aliphatic heterocycles. The number of aromatic nitrogens is 4. The topological polar surface area (TPSA) is 82.8 Å². The highest BCUT2D eigenvalue weighted by molar-refractivity contribution is 5.05. The Hall–Kier alpha value is -1.69. The van der Waals surface area contributed by atoms with E-state index in [2.05, 4.69) is 15.3 Å². The van der Waals surface area contributed by atoms with Crippen LogP contribution in [0.1, 0.15) is 17.1 Å². The van der Waals surface area contributed by atoms with Gasteiger partial charge in [-0.05, 0) is 13.5 Å². The smallest absolute Gasteiger partial charge is 0.181 e. The van der Waals surface area contributed by atoms with Crippen LogP contribution in [0.15, 0.2) is 17.0 Å². The molecule has 2 rings (SSSR count). The minimum atomic E-state index is 0.583. The van der Waals surface area contributed by atoms with E-state index in [1.807, 2.05) is 13.1 Å². The van der Waals surface area contributed by atoms with E-state index in [4.69, 9.17) is 10.2 Å². The minimum absolute atomic E-state index is 0.583. The first-order valence-electron chi connectivity index (χ1n) is 4.77. The van der Waals surface area contributed by atoms with Crippen LogP contribution < -0.4 is 5.73 Å². The monoisotopic (exact) mass is 207 g/mol. The summed E-state index contributed by atoms with van der Waals surface area (Å²) in [7, 11) is 0. The molecule has 0 spiro atoms. The molecule has 15 heavy (non-hydrogen) atoms. The molecule has 0 saturated heterocycles. The lowest BCUT2D eigenvalue weighted by Gasteiger charge is -1.95. The molecule has 0 atom stereocenters. The zero-order valence-corrected chi connectivity index (χ0v) is 8.55. The predicted molar refractivity (Wildman–Crippen MR) is 53.1 cm³/mol. The number of aryl methyl sites for hydroxylation is 1. The molecular formula is C9H13N5O. The summed E-state index contributed by atoms with van der Waals surface area (Å²) in [5, 5.41) is 7.97. The fraction of sp³-hybridized carbons (Fsp3) is 0.444. The Morgan fingerprint density at radius 2 is 2.40 bits per heavy atom. The van der Waals surface area contributed by atoms with Crippen LogP contribution in [-0.2, 0) is 13.0 Å². The second-order valence-electron chi connectivity index (χ2n) is 3.30. The van der Waals surface area contributed by atoms with Crippen LogP contribution in [0, 0.1) is 6.92 Å². The van der Waals surface area contributed by atoms with Crippen LogP contribution in [0.3, 0.4) is 0 Å². The summed E-state index contributed by atoms with van der Waals surface area (Å²) >= 11 is 0. The maximum absolute atomic E-state index is 5.43. The van der Waals surface area contributed by atoms with Crippen LogP contribution in [0.2, 0.25) is 0 Å². The number of nitrogens with two attached hydrogens (primary N) is 1. The highest BCUT2D eigenvalue weighted by atomic mass is 16.3. The van der Waals surface area contributed by atoms with Crippen molar-refractivity contribution in [2.45, 2.75) is 19.9 Å². The zero-order chi connectivity index (χ0) is 10.7. The highest BCUT2D eigenvalue weighted by Crippen LogP contribution is 2.06. The quantitative estimate of drug-likeness (QED) is 0.770. The zero-order valence-electron chi connectivity index (χ0n) is 8.55. The molecule has 0 unspecified atom stereocenters. The summed E-state index contributed by atoms with van der Waals surface area (Å²) < 4.78 is 6.83. The minimum Gasteiger partial charge on any atom is -0.448 e. The van der Waals surface area contributed by atoms with Crippen LogP contribution in [0.5, 0.6) is 0 Å². The van der Waals surface area contributed by atoms with E-state index in [-0.39, 0.29) is 0 Å². The Balaban J connectivity index is 2.08.